The van der Waals surface area contributed by atoms with E-state index in [-0.39, 0.29) is 0 Å². The average Bonchev–Trinajstić information content (AvgIpc) is 1.88. The highest BCUT2D eigenvalue weighted by Gasteiger charge is 1.98. The van der Waals surface area contributed by atoms with Crippen molar-refractivity contribution in [3.8, 4) is 0 Å². The van der Waals surface area contributed by atoms with E-state index < -0.39 is 0 Å². The van der Waals surface area contributed by atoms with Gasteiger partial charge in [-0.05, 0) is 12.0 Å². The molecule has 0 fully saturated rings. The zero-order chi connectivity index (χ0) is 7.40. The van der Waals surface area contributed by atoms with Crippen LogP contribution >= 0.6 is 0 Å². The summed E-state index contributed by atoms with van der Waals surface area (Å²) in [7, 11) is 2.01. The van der Waals surface area contributed by atoms with Crippen LogP contribution in [0.3, 0.4) is 0 Å². The Morgan fingerprint density at radius 1 is 1.90 bits per heavy atom. The third-order valence-corrected chi connectivity index (χ3v) is 1.33. The summed E-state index contributed by atoms with van der Waals surface area (Å²) < 4.78 is 0. The van der Waals surface area contributed by atoms with E-state index in [0.717, 1.165) is 13.1 Å². The minimum atomic E-state index is 0.778. The molecule has 0 aromatic carbocycles. The van der Waals surface area contributed by atoms with Gasteiger partial charge in [-0.1, -0.05) is 6.08 Å². The molecular formula is C8H12N2. The molecule has 0 amide bonds. The lowest BCUT2D eigenvalue weighted by atomic mass is 10.2. The van der Waals surface area contributed by atoms with Crippen molar-refractivity contribution in [1.82, 2.24) is 4.90 Å². The first-order valence-electron chi connectivity index (χ1n) is 3.34. The SMILES string of the molecule is C=CCC1=CN(C)CN=C1. The first-order chi connectivity index (χ1) is 4.83. The molecule has 0 unspecified atom stereocenters. The summed E-state index contributed by atoms with van der Waals surface area (Å²) in [5.41, 5.74) is 1.23. The Labute approximate surface area is 61.6 Å². The molecule has 0 aliphatic carbocycles. The fraction of sp³-hybridized carbons (Fsp3) is 0.375. The Morgan fingerprint density at radius 2 is 2.70 bits per heavy atom. The van der Waals surface area contributed by atoms with Gasteiger partial charge in [0.25, 0.3) is 0 Å². The summed E-state index contributed by atoms with van der Waals surface area (Å²) >= 11 is 0. The second-order valence-electron chi connectivity index (χ2n) is 2.41. The van der Waals surface area contributed by atoms with Crippen molar-refractivity contribution in [2.75, 3.05) is 13.7 Å². The Morgan fingerprint density at radius 3 is 3.30 bits per heavy atom. The molecule has 0 saturated carbocycles. The molecule has 1 heterocycles. The molecule has 1 rings (SSSR count). The molecule has 0 bridgehead atoms. The van der Waals surface area contributed by atoms with Crippen LogP contribution < -0.4 is 0 Å². The fourth-order valence-corrected chi connectivity index (χ4v) is 0.916. The number of aliphatic imine (C=N–C) groups is 1. The highest BCUT2D eigenvalue weighted by Crippen LogP contribution is 2.04. The Bertz CT molecular complexity index is 180. The predicted octanol–water partition coefficient (Wildman–Crippen LogP) is 1.42. The quantitative estimate of drug-likeness (QED) is 0.524. The fourth-order valence-electron chi connectivity index (χ4n) is 0.916. The van der Waals surface area contributed by atoms with Crippen LogP contribution in [0.5, 0.6) is 0 Å². The van der Waals surface area contributed by atoms with Gasteiger partial charge in [-0.3, -0.25) is 4.99 Å². The van der Waals surface area contributed by atoms with Crippen LogP contribution in [0.1, 0.15) is 6.42 Å². The Kier molecular flexibility index (Phi) is 2.26. The number of hydrogen-bond donors (Lipinski definition) is 0. The van der Waals surface area contributed by atoms with E-state index in [1.54, 1.807) is 0 Å². The molecule has 10 heavy (non-hydrogen) atoms. The predicted molar refractivity (Wildman–Crippen MR) is 44.0 cm³/mol. The van der Waals surface area contributed by atoms with E-state index in [1.165, 1.54) is 5.57 Å². The summed E-state index contributed by atoms with van der Waals surface area (Å²) in [6, 6.07) is 0. The van der Waals surface area contributed by atoms with Gasteiger partial charge in [0.2, 0.25) is 0 Å². The van der Waals surface area contributed by atoms with Crippen LogP contribution in [0.15, 0.2) is 29.4 Å². The molecule has 2 nitrogen and oxygen atoms in total. The van der Waals surface area contributed by atoms with Crippen molar-refractivity contribution in [2.24, 2.45) is 4.99 Å². The van der Waals surface area contributed by atoms with Gasteiger partial charge in [0.1, 0.15) is 6.67 Å². The first-order valence-corrected chi connectivity index (χ1v) is 3.34. The van der Waals surface area contributed by atoms with Crippen LogP contribution in [-0.2, 0) is 0 Å². The highest BCUT2D eigenvalue weighted by atomic mass is 15.2. The number of nitrogens with zero attached hydrogens (tertiary/aromatic N) is 2. The third kappa shape index (κ3) is 1.72. The van der Waals surface area contributed by atoms with Gasteiger partial charge in [-0.15, -0.1) is 6.58 Å². The maximum absolute atomic E-state index is 4.14. The molecule has 0 N–H and O–H groups in total. The molecular weight excluding hydrogens is 124 g/mol. The molecule has 1 aliphatic rings. The normalized spacial score (nSPS) is 16.9. The van der Waals surface area contributed by atoms with E-state index in [4.69, 9.17) is 0 Å². The number of allylic oxidation sites excluding steroid dienone is 2. The Balaban J connectivity index is 2.57. The van der Waals surface area contributed by atoms with Crippen molar-refractivity contribution in [3.63, 3.8) is 0 Å². The minimum Gasteiger partial charge on any atom is -0.361 e. The van der Waals surface area contributed by atoms with Crippen LogP contribution in [-0.4, -0.2) is 24.8 Å². The van der Waals surface area contributed by atoms with Gasteiger partial charge < -0.3 is 4.90 Å². The zero-order valence-corrected chi connectivity index (χ0v) is 6.25. The molecule has 0 saturated heterocycles. The third-order valence-electron chi connectivity index (χ3n) is 1.33. The Hall–Kier alpha value is -1.05. The monoisotopic (exact) mass is 136 g/mol. The zero-order valence-electron chi connectivity index (χ0n) is 6.25. The average molecular weight is 136 g/mol. The van der Waals surface area contributed by atoms with Crippen molar-refractivity contribution in [2.45, 2.75) is 6.42 Å². The summed E-state index contributed by atoms with van der Waals surface area (Å²) in [5, 5.41) is 0. The van der Waals surface area contributed by atoms with Crippen LogP contribution in [0, 0.1) is 0 Å². The smallest absolute Gasteiger partial charge is 0.109 e. The van der Waals surface area contributed by atoms with Crippen molar-refractivity contribution >= 4 is 6.21 Å². The lowest BCUT2D eigenvalue weighted by Crippen LogP contribution is -2.15. The van der Waals surface area contributed by atoms with Gasteiger partial charge >= 0.3 is 0 Å². The van der Waals surface area contributed by atoms with Gasteiger partial charge in [0.05, 0.1) is 0 Å². The van der Waals surface area contributed by atoms with Gasteiger partial charge in [-0.2, -0.15) is 0 Å². The highest BCUT2D eigenvalue weighted by molar-refractivity contribution is 5.79. The topological polar surface area (TPSA) is 15.6 Å². The second-order valence-corrected chi connectivity index (χ2v) is 2.41. The minimum absolute atomic E-state index is 0.778. The van der Waals surface area contributed by atoms with Crippen molar-refractivity contribution < 1.29 is 0 Å². The lowest BCUT2D eigenvalue weighted by Gasteiger charge is -2.15. The standard InChI is InChI=1S/C8H12N2/c1-3-4-8-5-9-7-10(2)6-8/h3,5-6H,1,4,7H2,2H3. The maximum atomic E-state index is 4.14. The van der Waals surface area contributed by atoms with E-state index >= 15 is 0 Å². The van der Waals surface area contributed by atoms with Crippen LogP contribution in [0.25, 0.3) is 0 Å². The summed E-state index contributed by atoms with van der Waals surface area (Å²) in [4.78, 5) is 6.20. The van der Waals surface area contributed by atoms with E-state index in [2.05, 4.69) is 22.7 Å². The molecule has 0 atom stereocenters. The number of hydrogen-bond acceptors (Lipinski definition) is 2. The second kappa shape index (κ2) is 3.20. The van der Waals surface area contributed by atoms with Crippen LogP contribution in [0.2, 0.25) is 0 Å². The van der Waals surface area contributed by atoms with Crippen molar-refractivity contribution in [1.29, 1.82) is 0 Å². The molecule has 1 aliphatic heterocycles. The summed E-state index contributed by atoms with van der Waals surface area (Å²) in [5.74, 6) is 0. The molecule has 54 valence electrons. The van der Waals surface area contributed by atoms with E-state index in [0.29, 0.717) is 0 Å². The first kappa shape index (κ1) is 7.06. The van der Waals surface area contributed by atoms with Gasteiger partial charge in [-0.25, -0.2) is 0 Å². The molecule has 0 radical (unpaired) electrons. The molecule has 0 aromatic rings. The summed E-state index contributed by atoms with van der Waals surface area (Å²) in [6.45, 7) is 4.44. The van der Waals surface area contributed by atoms with Gasteiger partial charge in [0, 0.05) is 19.5 Å². The van der Waals surface area contributed by atoms with E-state index in [1.807, 2.05) is 19.3 Å². The molecule has 0 aromatic heterocycles. The molecule has 2 heteroatoms. The largest absolute Gasteiger partial charge is 0.361 e. The molecule has 0 spiro atoms. The van der Waals surface area contributed by atoms with Crippen LogP contribution in [0.4, 0.5) is 0 Å². The maximum Gasteiger partial charge on any atom is 0.109 e. The number of rotatable bonds is 2. The summed E-state index contributed by atoms with van der Waals surface area (Å²) in [6.07, 6.45) is 6.79. The van der Waals surface area contributed by atoms with E-state index in [9.17, 15) is 0 Å². The van der Waals surface area contributed by atoms with Gasteiger partial charge in [0.15, 0.2) is 0 Å². The lowest BCUT2D eigenvalue weighted by molar-refractivity contribution is 0.465. The van der Waals surface area contributed by atoms with Crippen molar-refractivity contribution in [3.05, 3.63) is 24.4 Å².